The molecular formula is C29H23ClN4O3. The van der Waals surface area contributed by atoms with Crippen molar-refractivity contribution in [1.82, 2.24) is 9.97 Å². The summed E-state index contributed by atoms with van der Waals surface area (Å²) in [5.74, 6) is 2.45. The van der Waals surface area contributed by atoms with Gasteiger partial charge in [-0.2, -0.15) is 5.10 Å². The summed E-state index contributed by atoms with van der Waals surface area (Å²) in [6.07, 6.45) is 2.21. The maximum absolute atomic E-state index is 6.36. The van der Waals surface area contributed by atoms with Gasteiger partial charge in [0.2, 0.25) is 5.95 Å². The molecule has 184 valence electrons. The van der Waals surface area contributed by atoms with Gasteiger partial charge in [0.25, 0.3) is 0 Å². The first-order chi connectivity index (χ1) is 18.2. The van der Waals surface area contributed by atoms with Crippen molar-refractivity contribution in [2.75, 3.05) is 19.2 Å². The van der Waals surface area contributed by atoms with Gasteiger partial charge in [0.05, 0.1) is 37.7 Å². The van der Waals surface area contributed by atoms with Crippen LogP contribution in [0, 0.1) is 0 Å². The van der Waals surface area contributed by atoms with Crippen LogP contribution in [0.2, 0.25) is 5.02 Å². The molecule has 0 bridgehead atoms. The maximum Gasteiger partial charge on any atom is 0.247 e. The smallest absolute Gasteiger partial charge is 0.247 e. The lowest BCUT2D eigenvalue weighted by atomic mass is 9.99. The van der Waals surface area contributed by atoms with Crippen LogP contribution in [0.4, 0.5) is 5.95 Å². The molecule has 6 rings (SSSR count). The Labute approximate surface area is 218 Å². The van der Waals surface area contributed by atoms with Gasteiger partial charge in [0.15, 0.2) is 11.5 Å². The number of halogens is 1. The van der Waals surface area contributed by atoms with E-state index in [1.54, 1.807) is 20.5 Å². The molecule has 7 nitrogen and oxygen atoms in total. The highest BCUT2D eigenvalue weighted by molar-refractivity contribution is 6.31. The number of nitrogens with zero attached hydrogens (tertiary/aromatic N) is 4. The van der Waals surface area contributed by atoms with Gasteiger partial charge in [-0.15, -0.1) is 0 Å². The monoisotopic (exact) mass is 510 g/mol. The molecule has 1 aliphatic heterocycles. The van der Waals surface area contributed by atoms with Crippen molar-refractivity contribution in [3.63, 3.8) is 0 Å². The quantitative estimate of drug-likeness (QED) is 0.247. The van der Waals surface area contributed by atoms with Gasteiger partial charge in [0.1, 0.15) is 11.5 Å². The van der Waals surface area contributed by atoms with Gasteiger partial charge in [-0.25, -0.2) is 15.0 Å². The Bertz CT molecular complexity index is 1600. The first-order valence-corrected chi connectivity index (χ1v) is 12.2. The molecule has 0 unspecified atom stereocenters. The second-order valence-electron chi connectivity index (χ2n) is 8.57. The lowest BCUT2D eigenvalue weighted by molar-refractivity contribution is 0.349. The normalized spacial score (nSPS) is 15.2. The average molecular weight is 511 g/mol. The summed E-state index contributed by atoms with van der Waals surface area (Å²) < 4.78 is 17.1. The minimum atomic E-state index is -0.251. The summed E-state index contributed by atoms with van der Waals surface area (Å²) in [7, 11) is 3.27. The molecule has 3 aromatic carbocycles. The minimum Gasteiger partial charge on any atom is -0.493 e. The van der Waals surface area contributed by atoms with Crippen molar-refractivity contribution in [2.45, 2.75) is 12.5 Å². The van der Waals surface area contributed by atoms with Crippen LogP contribution in [0.25, 0.3) is 22.2 Å². The molecule has 3 heterocycles. The van der Waals surface area contributed by atoms with E-state index in [9.17, 15) is 0 Å². The molecule has 37 heavy (non-hydrogen) atoms. The van der Waals surface area contributed by atoms with Gasteiger partial charge >= 0.3 is 0 Å². The molecule has 1 aliphatic rings. The third-order valence-corrected chi connectivity index (χ3v) is 6.64. The Morgan fingerprint density at radius 3 is 2.54 bits per heavy atom. The Kier molecular flexibility index (Phi) is 5.98. The molecule has 2 aromatic heterocycles. The largest absolute Gasteiger partial charge is 0.493 e. The molecule has 0 N–H and O–H groups in total. The number of aromatic nitrogens is 2. The molecule has 0 saturated heterocycles. The highest BCUT2D eigenvalue weighted by Gasteiger charge is 2.35. The number of hydrazone groups is 1. The van der Waals surface area contributed by atoms with E-state index in [0.29, 0.717) is 34.7 Å². The van der Waals surface area contributed by atoms with E-state index in [-0.39, 0.29) is 6.04 Å². The molecular weight excluding hydrogens is 488 g/mol. The predicted molar refractivity (Wildman–Crippen MR) is 145 cm³/mol. The van der Waals surface area contributed by atoms with Crippen LogP contribution in [-0.4, -0.2) is 29.9 Å². The summed E-state index contributed by atoms with van der Waals surface area (Å²) in [4.78, 5) is 9.95. The van der Waals surface area contributed by atoms with Crippen LogP contribution in [0.3, 0.4) is 0 Å². The number of rotatable bonds is 6. The van der Waals surface area contributed by atoms with E-state index in [4.69, 9.17) is 40.6 Å². The highest BCUT2D eigenvalue weighted by atomic mass is 35.5. The van der Waals surface area contributed by atoms with Crippen molar-refractivity contribution >= 4 is 34.2 Å². The number of fused-ring (bicyclic) bond motifs is 1. The zero-order chi connectivity index (χ0) is 25.4. The lowest BCUT2D eigenvalue weighted by Gasteiger charge is -2.25. The summed E-state index contributed by atoms with van der Waals surface area (Å²) in [6.45, 7) is 0. The molecule has 0 aliphatic carbocycles. The van der Waals surface area contributed by atoms with Crippen molar-refractivity contribution in [3.05, 3.63) is 101 Å². The van der Waals surface area contributed by atoms with Gasteiger partial charge in [-0.05, 0) is 36.4 Å². The highest BCUT2D eigenvalue weighted by Crippen LogP contribution is 2.43. The Morgan fingerprint density at radius 1 is 0.919 bits per heavy atom. The number of benzene rings is 3. The van der Waals surface area contributed by atoms with E-state index in [1.165, 1.54) is 0 Å². The summed E-state index contributed by atoms with van der Waals surface area (Å²) >= 11 is 6.36. The van der Waals surface area contributed by atoms with Gasteiger partial charge in [-0.1, -0.05) is 54.1 Å². The van der Waals surface area contributed by atoms with Crippen molar-refractivity contribution in [3.8, 4) is 22.8 Å². The van der Waals surface area contributed by atoms with Gasteiger partial charge in [-0.3, -0.25) is 0 Å². The average Bonchev–Trinajstić information content (AvgIpc) is 3.63. The van der Waals surface area contributed by atoms with Crippen molar-refractivity contribution < 1.29 is 13.9 Å². The Balaban J connectivity index is 1.56. The van der Waals surface area contributed by atoms with E-state index in [2.05, 4.69) is 0 Å². The van der Waals surface area contributed by atoms with Crippen LogP contribution in [0.1, 0.15) is 23.8 Å². The zero-order valence-electron chi connectivity index (χ0n) is 20.3. The van der Waals surface area contributed by atoms with Crippen molar-refractivity contribution in [2.24, 2.45) is 5.10 Å². The first kappa shape index (κ1) is 23.1. The fourth-order valence-corrected chi connectivity index (χ4v) is 4.88. The van der Waals surface area contributed by atoms with E-state index in [0.717, 1.165) is 33.4 Å². The van der Waals surface area contributed by atoms with Crippen LogP contribution < -0.4 is 14.5 Å². The molecule has 8 heteroatoms. The molecule has 0 radical (unpaired) electrons. The second-order valence-corrected chi connectivity index (χ2v) is 9.01. The topological polar surface area (TPSA) is 73.0 Å². The molecule has 0 fully saturated rings. The number of hydrogen-bond acceptors (Lipinski definition) is 7. The minimum absolute atomic E-state index is 0.251. The third kappa shape index (κ3) is 4.17. The lowest BCUT2D eigenvalue weighted by Crippen LogP contribution is -2.22. The van der Waals surface area contributed by atoms with Gasteiger partial charge < -0.3 is 13.9 Å². The Hall–Kier alpha value is -4.36. The SMILES string of the molecule is COc1cccc([C@@H]2CC(c3ccco3)=NN2c2nc(-c3ccccc3)c3cc(Cl)ccc3n2)c1OC. The van der Waals surface area contributed by atoms with E-state index in [1.807, 2.05) is 83.9 Å². The number of ether oxygens (including phenoxy) is 2. The fourth-order valence-electron chi connectivity index (χ4n) is 4.71. The summed E-state index contributed by atoms with van der Waals surface area (Å²) in [5.41, 5.74) is 4.21. The molecule has 0 amide bonds. The third-order valence-electron chi connectivity index (χ3n) is 6.41. The van der Waals surface area contributed by atoms with E-state index >= 15 is 0 Å². The number of anilines is 1. The fraction of sp³-hybridized carbons (Fsp3) is 0.138. The predicted octanol–water partition coefficient (Wildman–Crippen LogP) is 6.92. The molecule has 0 saturated carbocycles. The summed E-state index contributed by atoms with van der Waals surface area (Å²) in [6, 6.07) is 25.0. The maximum atomic E-state index is 6.36. The number of hydrogen-bond donors (Lipinski definition) is 0. The molecule has 0 spiro atoms. The van der Waals surface area contributed by atoms with E-state index < -0.39 is 0 Å². The summed E-state index contributed by atoms with van der Waals surface area (Å²) in [5, 5.41) is 8.29. The zero-order valence-corrected chi connectivity index (χ0v) is 21.0. The van der Waals surface area contributed by atoms with Gasteiger partial charge in [0, 0.05) is 28.0 Å². The molecule has 5 aromatic rings. The number of para-hydroxylation sites is 1. The number of furan rings is 1. The Morgan fingerprint density at radius 2 is 1.78 bits per heavy atom. The van der Waals surface area contributed by atoms with Crippen LogP contribution in [0.5, 0.6) is 11.5 Å². The standard InChI is InChI=1S/C29H23ClN4O3/c1-35-26-11-6-10-20(28(26)36-2)24-17-23(25-12-7-15-37-25)33-34(24)29-31-22-14-13-19(30)16-21(22)27(32-29)18-8-4-3-5-9-18/h3-16,24H,17H2,1-2H3/t24-/m0/s1. The number of methoxy groups -OCH3 is 2. The molecule has 1 atom stereocenters. The van der Waals surface area contributed by atoms with Crippen LogP contribution in [0.15, 0.2) is 94.6 Å². The van der Waals surface area contributed by atoms with Crippen LogP contribution in [-0.2, 0) is 0 Å². The second kappa shape index (κ2) is 9.59. The van der Waals surface area contributed by atoms with Crippen molar-refractivity contribution in [1.29, 1.82) is 0 Å². The first-order valence-electron chi connectivity index (χ1n) is 11.8. The van der Waals surface area contributed by atoms with Crippen LogP contribution >= 0.6 is 11.6 Å².